The Kier molecular flexibility index (Phi) is 4.16. The zero-order chi connectivity index (χ0) is 19.8. The third kappa shape index (κ3) is 3.18. The van der Waals surface area contributed by atoms with Crippen LogP contribution in [0.1, 0.15) is 21.6 Å². The number of hydrogen-bond donors (Lipinski definition) is 1. The number of benzene rings is 1. The van der Waals surface area contributed by atoms with Gasteiger partial charge < -0.3 is 23.7 Å². The number of nitrogens with one attached hydrogen (secondary N) is 1. The summed E-state index contributed by atoms with van der Waals surface area (Å²) in [6.07, 6.45) is 2.21. The van der Waals surface area contributed by atoms with Crippen molar-refractivity contribution in [2.45, 2.75) is 13.3 Å². The van der Waals surface area contributed by atoms with Crippen LogP contribution in [-0.4, -0.2) is 29.4 Å². The molecule has 0 unspecified atom stereocenters. The summed E-state index contributed by atoms with van der Waals surface area (Å²) >= 11 is 0. The Labute approximate surface area is 165 Å². The zero-order valence-electron chi connectivity index (χ0n) is 15.6. The van der Waals surface area contributed by atoms with E-state index < -0.39 is 0 Å². The number of hydrogen-bond acceptors (Lipinski definition) is 7. The SMILES string of the molecule is Cc1noc2nc(-c3ccco3)cc(C(=O)NCCc3ccc4c(c3)OCO4)c12. The molecule has 1 aromatic carbocycles. The van der Waals surface area contributed by atoms with Crippen molar-refractivity contribution >= 4 is 17.0 Å². The Hall–Kier alpha value is -3.81. The van der Waals surface area contributed by atoms with Crippen molar-refractivity contribution in [1.29, 1.82) is 0 Å². The number of carbonyl (C=O) groups excluding carboxylic acids is 1. The quantitative estimate of drug-likeness (QED) is 0.556. The summed E-state index contributed by atoms with van der Waals surface area (Å²) in [5, 5.41) is 7.50. The van der Waals surface area contributed by atoms with E-state index in [-0.39, 0.29) is 12.7 Å². The zero-order valence-corrected chi connectivity index (χ0v) is 15.6. The number of nitrogens with zero attached hydrogens (tertiary/aromatic N) is 2. The lowest BCUT2D eigenvalue weighted by Crippen LogP contribution is -2.26. The highest BCUT2D eigenvalue weighted by Gasteiger charge is 2.20. The van der Waals surface area contributed by atoms with E-state index in [0.29, 0.717) is 46.8 Å². The summed E-state index contributed by atoms with van der Waals surface area (Å²) in [6, 6.07) is 11.0. The lowest BCUT2D eigenvalue weighted by atomic mass is 10.1. The lowest BCUT2D eigenvalue weighted by Gasteiger charge is -2.08. The number of aromatic nitrogens is 2. The van der Waals surface area contributed by atoms with Gasteiger partial charge in [-0.2, -0.15) is 0 Å². The fourth-order valence-electron chi connectivity index (χ4n) is 3.34. The average Bonchev–Trinajstić information content (AvgIpc) is 3.48. The molecule has 8 heteroatoms. The first kappa shape index (κ1) is 17.3. The van der Waals surface area contributed by atoms with Gasteiger partial charge in [0.15, 0.2) is 17.3 Å². The maximum absolute atomic E-state index is 12.9. The van der Waals surface area contributed by atoms with Gasteiger partial charge in [-0.3, -0.25) is 4.79 Å². The van der Waals surface area contributed by atoms with Gasteiger partial charge in [-0.1, -0.05) is 11.2 Å². The smallest absolute Gasteiger partial charge is 0.259 e. The predicted molar refractivity (Wildman–Crippen MR) is 103 cm³/mol. The Balaban J connectivity index is 1.37. The van der Waals surface area contributed by atoms with E-state index in [0.717, 1.165) is 17.1 Å². The Morgan fingerprint density at radius 3 is 2.93 bits per heavy atom. The molecule has 0 spiro atoms. The highest BCUT2D eigenvalue weighted by atomic mass is 16.7. The second kappa shape index (κ2) is 6.97. The number of pyridine rings is 1. The molecule has 29 heavy (non-hydrogen) atoms. The first-order valence-electron chi connectivity index (χ1n) is 9.16. The van der Waals surface area contributed by atoms with Crippen LogP contribution in [0.25, 0.3) is 22.6 Å². The Morgan fingerprint density at radius 2 is 2.07 bits per heavy atom. The van der Waals surface area contributed by atoms with Gasteiger partial charge >= 0.3 is 0 Å². The Morgan fingerprint density at radius 1 is 1.17 bits per heavy atom. The van der Waals surface area contributed by atoms with Crippen molar-refractivity contribution in [2.24, 2.45) is 0 Å². The summed E-state index contributed by atoms with van der Waals surface area (Å²) in [4.78, 5) is 17.3. The van der Waals surface area contributed by atoms with Gasteiger partial charge in [-0.05, 0) is 49.2 Å². The molecule has 0 radical (unpaired) electrons. The van der Waals surface area contributed by atoms with Gasteiger partial charge in [0, 0.05) is 6.54 Å². The standard InChI is InChI=1S/C21H17N3O5/c1-12-19-14(10-15(16-3-2-8-26-16)23-21(19)29-24-12)20(25)22-7-6-13-4-5-17-18(9-13)28-11-27-17/h2-5,8-10H,6-7,11H2,1H3,(H,22,25). The maximum Gasteiger partial charge on any atom is 0.259 e. The van der Waals surface area contributed by atoms with Gasteiger partial charge in [-0.25, -0.2) is 4.98 Å². The minimum atomic E-state index is -0.225. The van der Waals surface area contributed by atoms with E-state index in [4.69, 9.17) is 18.4 Å². The van der Waals surface area contributed by atoms with Crippen LogP contribution in [0.3, 0.4) is 0 Å². The summed E-state index contributed by atoms with van der Waals surface area (Å²) < 4.78 is 21.4. The van der Waals surface area contributed by atoms with Crippen LogP contribution in [-0.2, 0) is 6.42 Å². The van der Waals surface area contributed by atoms with Crippen LogP contribution in [0.5, 0.6) is 11.5 Å². The fourth-order valence-corrected chi connectivity index (χ4v) is 3.34. The van der Waals surface area contributed by atoms with E-state index in [1.54, 1.807) is 31.4 Å². The van der Waals surface area contributed by atoms with Gasteiger partial charge in [0.1, 0.15) is 5.69 Å². The number of rotatable bonds is 5. The third-order valence-corrected chi connectivity index (χ3v) is 4.77. The molecule has 8 nitrogen and oxygen atoms in total. The number of amides is 1. The summed E-state index contributed by atoms with van der Waals surface area (Å²) in [6.45, 7) is 2.48. The van der Waals surface area contributed by atoms with Crippen molar-refractivity contribution in [2.75, 3.05) is 13.3 Å². The van der Waals surface area contributed by atoms with Crippen molar-refractivity contribution in [3.05, 3.63) is 59.5 Å². The first-order chi connectivity index (χ1) is 14.2. The molecule has 4 heterocycles. The summed E-state index contributed by atoms with van der Waals surface area (Å²) in [7, 11) is 0. The molecule has 4 aromatic rings. The number of ether oxygens (including phenoxy) is 2. The number of furan rings is 1. The van der Waals surface area contributed by atoms with Crippen LogP contribution >= 0.6 is 0 Å². The van der Waals surface area contributed by atoms with Crippen molar-refractivity contribution in [1.82, 2.24) is 15.5 Å². The summed E-state index contributed by atoms with van der Waals surface area (Å²) in [5.74, 6) is 1.80. The molecule has 0 bridgehead atoms. The minimum Gasteiger partial charge on any atom is -0.463 e. The molecule has 1 N–H and O–H groups in total. The van der Waals surface area contributed by atoms with Gasteiger partial charge in [0.05, 0.1) is 22.9 Å². The number of carbonyl (C=O) groups is 1. The molecular weight excluding hydrogens is 374 g/mol. The van der Waals surface area contributed by atoms with Crippen LogP contribution in [0.2, 0.25) is 0 Å². The predicted octanol–water partition coefficient (Wildman–Crippen LogP) is 3.49. The van der Waals surface area contributed by atoms with Crippen LogP contribution in [0.4, 0.5) is 0 Å². The molecule has 1 aliphatic rings. The average molecular weight is 391 g/mol. The van der Waals surface area contributed by atoms with E-state index in [1.807, 2.05) is 18.2 Å². The topological polar surface area (TPSA) is 99.6 Å². The second-order valence-corrected chi connectivity index (χ2v) is 6.67. The van der Waals surface area contributed by atoms with Crippen LogP contribution in [0.15, 0.2) is 51.6 Å². The highest BCUT2D eigenvalue weighted by Crippen LogP contribution is 2.32. The molecule has 0 fully saturated rings. The van der Waals surface area contributed by atoms with Crippen molar-refractivity contribution < 1.29 is 23.2 Å². The molecule has 5 rings (SSSR count). The molecule has 0 aliphatic carbocycles. The second-order valence-electron chi connectivity index (χ2n) is 6.67. The fraction of sp³-hybridized carbons (Fsp3) is 0.190. The van der Waals surface area contributed by atoms with Gasteiger partial charge in [0.25, 0.3) is 11.6 Å². The number of fused-ring (bicyclic) bond motifs is 2. The lowest BCUT2D eigenvalue weighted by molar-refractivity contribution is 0.0955. The van der Waals surface area contributed by atoms with E-state index in [1.165, 1.54) is 0 Å². The first-order valence-corrected chi connectivity index (χ1v) is 9.16. The molecule has 0 saturated heterocycles. The molecular formula is C21H17N3O5. The monoisotopic (exact) mass is 391 g/mol. The van der Waals surface area contributed by atoms with E-state index in [2.05, 4.69) is 15.5 Å². The Bertz CT molecular complexity index is 1200. The third-order valence-electron chi connectivity index (χ3n) is 4.77. The van der Waals surface area contributed by atoms with Crippen LogP contribution < -0.4 is 14.8 Å². The molecule has 0 saturated carbocycles. The van der Waals surface area contributed by atoms with Crippen molar-refractivity contribution in [3.63, 3.8) is 0 Å². The summed E-state index contributed by atoms with van der Waals surface area (Å²) in [5.41, 5.74) is 2.93. The van der Waals surface area contributed by atoms with Crippen molar-refractivity contribution in [3.8, 4) is 23.0 Å². The minimum absolute atomic E-state index is 0.225. The van der Waals surface area contributed by atoms with E-state index >= 15 is 0 Å². The van der Waals surface area contributed by atoms with Gasteiger partial charge in [0.2, 0.25) is 6.79 Å². The molecule has 0 atom stereocenters. The maximum atomic E-state index is 12.9. The van der Waals surface area contributed by atoms with E-state index in [9.17, 15) is 4.79 Å². The number of aryl methyl sites for hydroxylation is 1. The molecule has 3 aromatic heterocycles. The molecule has 1 amide bonds. The normalized spacial score (nSPS) is 12.4. The highest BCUT2D eigenvalue weighted by molar-refractivity contribution is 6.06. The van der Waals surface area contributed by atoms with Gasteiger partial charge in [-0.15, -0.1) is 0 Å². The largest absolute Gasteiger partial charge is 0.463 e. The molecule has 146 valence electrons. The molecule has 1 aliphatic heterocycles. The van der Waals surface area contributed by atoms with Crippen LogP contribution in [0, 0.1) is 6.92 Å².